The lowest BCUT2D eigenvalue weighted by molar-refractivity contribution is -0.121. The number of rotatable bonds is 4. The topological polar surface area (TPSA) is 61.4 Å². The van der Waals surface area contributed by atoms with Gasteiger partial charge in [0, 0.05) is 30.7 Å². The van der Waals surface area contributed by atoms with Crippen LogP contribution < -0.4 is 15.5 Å². The number of para-hydroxylation sites is 1. The molecule has 3 amide bonds. The molecule has 1 fully saturated rings. The first-order valence-electron chi connectivity index (χ1n) is 9.09. The van der Waals surface area contributed by atoms with Gasteiger partial charge in [-0.1, -0.05) is 37.5 Å². The fraction of sp³-hybridized carbons (Fsp3) is 0.579. The molecule has 1 aliphatic carbocycles. The number of carbonyl (C=O) groups is 2. The first-order valence-corrected chi connectivity index (χ1v) is 9.09. The summed E-state index contributed by atoms with van der Waals surface area (Å²) in [7, 11) is 0. The molecule has 1 atom stereocenters. The van der Waals surface area contributed by atoms with Crippen molar-refractivity contribution in [1.29, 1.82) is 0 Å². The van der Waals surface area contributed by atoms with Crippen molar-refractivity contribution >= 4 is 17.6 Å². The predicted octanol–water partition coefficient (Wildman–Crippen LogP) is 2.99. The number of fused-ring (bicyclic) bond motifs is 1. The highest BCUT2D eigenvalue weighted by Crippen LogP contribution is 2.31. The molecule has 0 radical (unpaired) electrons. The molecular weight excluding hydrogens is 302 g/mol. The largest absolute Gasteiger partial charge is 0.353 e. The molecule has 2 N–H and O–H groups in total. The van der Waals surface area contributed by atoms with Gasteiger partial charge in [0.2, 0.25) is 5.91 Å². The van der Waals surface area contributed by atoms with Crippen LogP contribution in [0.5, 0.6) is 0 Å². The van der Waals surface area contributed by atoms with Crippen molar-refractivity contribution in [2.24, 2.45) is 0 Å². The van der Waals surface area contributed by atoms with Crippen LogP contribution in [0.15, 0.2) is 24.3 Å². The smallest absolute Gasteiger partial charge is 0.322 e. The van der Waals surface area contributed by atoms with Crippen LogP contribution in [-0.4, -0.2) is 30.6 Å². The summed E-state index contributed by atoms with van der Waals surface area (Å²) in [4.78, 5) is 26.3. The molecule has 1 unspecified atom stereocenters. The van der Waals surface area contributed by atoms with E-state index >= 15 is 0 Å². The van der Waals surface area contributed by atoms with Crippen molar-refractivity contribution in [2.75, 3.05) is 11.4 Å². The lowest BCUT2D eigenvalue weighted by atomic mass is 9.95. The quantitative estimate of drug-likeness (QED) is 0.892. The maximum atomic E-state index is 12.5. The van der Waals surface area contributed by atoms with Crippen LogP contribution >= 0.6 is 0 Å². The molecule has 2 aliphatic rings. The zero-order chi connectivity index (χ0) is 16.9. The van der Waals surface area contributed by atoms with Crippen molar-refractivity contribution in [2.45, 2.75) is 64.0 Å². The van der Waals surface area contributed by atoms with Gasteiger partial charge in [0.25, 0.3) is 0 Å². The van der Waals surface area contributed by atoms with Crippen LogP contribution in [0.25, 0.3) is 0 Å². The van der Waals surface area contributed by atoms with Gasteiger partial charge in [-0.05, 0) is 37.8 Å². The molecule has 1 saturated carbocycles. The summed E-state index contributed by atoms with van der Waals surface area (Å²) in [5.41, 5.74) is 2.18. The zero-order valence-corrected chi connectivity index (χ0v) is 14.4. The van der Waals surface area contributed by atoms with Gasteiger partial charge < -0.3 is 10.6 Å². The van der Waals surface area contributed by atoms with Crippen molar-refractivity contribution < 1.29 is 9.59 Å². The number of urea groups is 1. The van der Waals surface area contributed by atoms with Gasteiger partial charge in [-0.3, -0.25) is 9.69 Å². The minimum atomic E-state index is -0.113. The van der Waals surface area contributed by atoms with E-state index in [2.05, 4.69) is 23.6 Å². The number of amides is 3. The highest BCUT2D eigenvalue weighted by atomic mass is 16.2. The molecule has 1 heterocycles. The molecule has 1 aromatic carbocycles. The van der Waals surface area contributed by atoms with Crippen LogP contribution in [0.1, 0.15) is 51.0 Å². The van der Waals surface area contributed by atoms with E-state index in [0.29, 0.717) is 19.0 Å². The zero-order valence-electron chi connectivity index (χ0n) is 14.4. The van der Waals surface area contributed by atoms with Crippen LogP contribution in [-0.2, 0) is 11.2 Å². The SMILES string of the molecule is CC1Cc2ccccc2N1C(=O)NCCC(=O)NC1CCCCC1. The third-order valence-corrected chi connectivity index (χ3v) is 5.02. The molecule has 0 saturated heterocycles. The molecule has 130 valence electrons. The number of nitrogens with one attached hydrogen (secondary N) is 2. The van der Waals surface area contributed by atoms with E-state index < -0.39 is 0 Å². The van der Waals surface area contributed by atoms with Crippen LogP contribution in [0.2, 0.25) is 0 Å². The summed E-state index contributed by atoms with van der Waals surface area (Å²) in [6, 6.07) is 8.37. The van der Waals surface area contributed by atoms with Crippen molar-refractivity contribution in [3.63, 3.8) is 0 Å². The molecule has 5 nitrogen and oxygen atoms in total. The maximum absolute atomic E-state index is 12.5. The number of anilines is 1. The first kappa shape index (κ1) is 16.8. The Hall–Kier alpha value is -2.04. The normalized spacial score (nSPS) is 20.5. The van der Waals surface area contributed by atoms with E-state index in [1.54, 1.807) is 4.90 Å². The van der Waals surface area contributed by atoms with Crippen LogP contribution in [0, 0.1) is 0 Å². The molecule has 1 aromatic rings. The van der Waals surface area contributed by atoms with Crippen molar-refractivity contribution in [1.82, 2.24) is 10.6 Å². The van der Waals surface area contributed by atoms with Gasteiger partial charge in [-0.15, -0.1) is 0 Å². The van der Waals surface area contributed by atoms with Crippen LogP contribution in [0.3, 0.4) is 0 Å². The third kappa shape index (κ3) is 3.89. The Kier molecular flexibility index (Phi) is 5.38. The average molecular weight is 329 g/mol. The van der Waals surface area contributed by atoms with Crippen LogP contribution in [0.4, 0.5) is 10.5 Å². The summed E-state index contributed by atoms with van der Waals surface area (Å²) in [5.74, 6) is 0.0390. The number of benzene rings is 1. The number of nitrogens with zero attached hydrogens (tertiary/aromatic N) is 1. The minimum absolute atomic E-state index is 0.0390. The third-order valence-electron chi connectivity index (χ3n) is 5.02. The summed E-state index contributed by atoms with van der Waals surface area (Å²) in [5, 5.41) is 5.97. The molecule has 24 heavy (non-hydrogen) atoms. The highest BCUT2D eigenvalue weighted by molar-refractivity contribution is 5.95. The summed E-state index contributed by atoms with van der Waals surface area (Å²) in [6.45, 7) is 2.43. The maximum Gasteiger partial charge on any atom is 0.322 e. The van der Waals surface area contributed by atoms with Gasteiger partial charge >= 0.3 is 6.03 Å². The van der Waals surface area contributed by atoms with E-state index in [1.165, 1.54) is 24.8 Å². The Bertz CT molecular complexity index is 596. The average Bonchev–Trinajstić information content (AvgIpc) is 2.91. The Morgan fingerprint density at radius 3 is 2.71 bits per heavy atom. The molecular formula is C19H27N3O2. The van der Waals surface area contributed by atoms with E-state index in [1.807, 2.05) is 18.2 Å². The second kappa shape index (κ2) is 7.69. The highest BCUT2D eigenvalue weighted by Gasteiger charge is 2.30. The predicted molar refractivity (Wildman–Crippen MR) is 95.1 cm³/mol. The lowest BCUT2D eigenvalue weighted by Gasteiger charge is -2.24. The molecule has 5 heteroatoms. The molecule has 3 rings (SSSR count). The van der Waals surface area contributed by atoms with Gasteiger partial charge in [0.1, 0.15) is 0 Å². The number of hydrogen-bond donors (Lipinski definition) is 2. The monoisotopic (exact) mass is 329 g/mol. The fourth-order valence-corrected chi connectivity index (χ4v) is 3.79. The molecule has 0 aromatic heterocycles. The van der Waals surface area contributed by atoms with E-state index in [-0.39, 0.29) is 18.0 Å². The second-order valence-electron chi connectivity index (χ2n) is 6.94. The van der Waals surface area contributed by atoms with Crippen molar-refractivity contribution in [3.8, 4) is 0 Å². The minimum Gasteiger partial charge on any atom is -0.353 e. The summed E-state index contributed by atoms with van der Waals surface area (Å²) in [6.07, 6.45) is 7.07. The molecule has 0 spiro atoms. The van der Waals surface area contributed by atoms with Gasteiger partial charge in [-0.25, -0.2) is 4.79 Å². The summed E-state index contributed by atoms with van der Waals surface area (Å²) >= 11 is 0. The van der Waals surface area contributed by atoms with Gasteiger partial charge in [-0.2, -0.15) is 0 Å². The van der Waals surface area contributed by atoms with Crippen molar-refractivity contribution in [3.05, 3.63) is 29.8 Å². The van der Waals surface area contributed by atoms with Gasteiger partial charge in [0.05, 0.1) is 0 Å². The van der Waals surface area contributed by atoms with Gasteiger partial charge in [0.15, 0.2) is 0 Å². The summed E-state index contributed by atoms with van der Waals surface area (Å²) < 4.78 is 0. The fourth-order valence-electron chi connectivity index (χ4n) is 3.79. The lowest BCUT2D eigenvalue weighted by Crippen LogP contribution is -2.44. The van der Waals surface area contributed by atoms with E-state index in [4.69, 9.17) is 0 Å². The Morgan fingerprint density at radius 1 is 1.17 bits per heavy atom. The second-order valence-corrected chi connectivity index (χ2v) is 6.94. The Morgan fingerprint density at radius 2 is 1.92 bits per heavy atom. The Balaban J connectivity index is 1.45. The molecule has 1 aliphatic heterocycles. The van der Waals surface area contributed by atoms with E-state index in [0.717, 1.165) is 24.9 Å². The standard InChI is InChI=1S/C19H27N3O2/c1-14-13-15-7-5-6-10-17(15)22(14)19(24)20-12-11-18(23)21-16-8-3-2-4-9-16/h5-7,10,14,16H,2-4,8-9,11-13H2,1H3,(H,20,24)(H,21,23). The Labute approximate surface area is 143 Å². The first-order chi connectivity index (χ1) is 11.6. The molecule has 0 bridgehead atoms. The number of hydrogen-bond acceptors (Lipinski definition) is 2. The number of carbonyl (C=O) groups excluding carboxylic acids is 2. The van der Waals surface area contributed by atoms with E-state index in [9.17, 15) is 9.59 Å².